The lowest BCUT2D eigenvalue weighted by molar-refractivity contribution is 0.395. The van der Waals surface area contributed by atoms with Gasteiger partial charge in [0.2, 0.25) is 5.88 Å². The molecule has 0 saturated heterocycles. The van der Waals surface area contributed by atoms with Crippen LogP contribution in [-0.2, 0) is 0 Å². The Morgan fingerprint density at radius 2 is 2.16 bits per heavy atom. The molecule has 2 aliphatic carbocycles. The number of hydrogen-bond donors (Lipinski definition) is 1. The number of nitrogens with one attached hydrogen (secondary N) is 1. The Balaban J connectivity index is 1.86. The van der Waals surface area contributed by atoms with E-state index in [4.69, 9.17) is 4.74 Å². The van der Waals surface area contributed by atoms with Gasteiger partial charge in [0.05, 0.1) is 12.8 Å². The molecule has 3 atom stereocenters. The molecule has 2 bridgehead atoms. The van der Waals surface area contributed by atoms with E-state index in [1.807, 2.05) is 6.07 Å². The van der Waals surface area contributed by atoms with Crippen LogP contribution in [0.1, 0.15) is 25.7 Å². The van der Waals surface area contributed by atoms with E-state index in [1.165, 1.54) is 25.7 Å². The van der Waals surface area contributed by atoms with E-state index in [-0.39, 0.29) is 0 Å². The van der Waals surface area contributed by atoms with E-state index in [0.717, 1.165) is 23.2 Å². The zero-order chi connectivity index (χ0) is 13.4. The molecular formula is C15H23N3O. The highest BCUT2D eigenvalue weighted by Gasteiger charge is 2.40. The summed E-state index contributed by atoms with van der Waals surface area (Å²) in [5.41, 5.74) is 2.20. The fraction of sp³-hybridized carbons (Fsp3) is 0.667. The molecule has 0 aromatic carbocycles. The number of aromatic nitrogens is 1. The molecule has 1 N–H and O–H groups in total. The number of methoxy groups -OCH3 is 1. The standard InChI is InChI=1S/C15H23N3O/c1-18(2)13-6-7-16-15(19-3)14(13)17-12-9-10-4-5-11(12)8-10/h6-7,10-12,17H,4-5,8-9H2,1-3H3. The smallest absolute Gasteiger partial charge is 0.239 e. The molecule has 104 valence electrons. The van der Waals surface area contributed by atoms with Gasteiger partial charge in [-0.25, -0.2) is 4.98 Å². The average molecular weight is 261 g/mol. The molecule has 1 aromatic rings. The molecule has 3 unspecified atom stereocenters. The lowest BCUT2D eigenvalue weighted by Crippen LogP contribution is -2.27. The van der Waals surface area contributed by atoms with E-state index in [9.17, 15) is 0 Å². The quantitative estimate of drug-likeness (QED) is 0.904. The van der Waals surface area contributed by atoms with Crippen molar-refractivity contribution in [1.82, 2.24) is 4.98 Å². The Labute approximate surface area is 115 Å². The maximum absolute atomic E-state index is 5.43. The first-order chi connectivity index (χ1) is 9.19. The lowest BCUT2D eigenvalue weighted by atomic mass is 9.95. The largest absolute Gasteiger partial charge is 0.479 e. The third kappa shape index (κ3) is 2.24. The number of anilines is 2. The van der Waals surface area contributed by atoms with Crippen LogP contribution in [0.5, 0.6) is 5.88 Å². The number of ether oxygens (including phenoxy) is 1. The van der Waals surface area contributed by atoms with Crippen molar-refractivity contribution < 1.29 is 4.74 Å². The molecule has 19 heavy (non-hydrogen) atoms. The Hall–Kier alpha value is -1.45. The third-order valence-corrected chi connectivity index (χ3v) is 4.64. The minimum absolute atomic E-state index is 0.593. The van der Waals surface area contributed by atoms with E-state index in [0.29, 0.717) is 11.9 Å². The number of fused-ring (bicyclic) bond motifs is 2. The van der Waals surface area contributed by atoms with Gasteiger partial charge in [-0.2, -0.15) is 0 Å². The Kier molecular flexibility index (Phi) is 3.25. The third-order valence-electron chi connectivity index (χ3n) is 4.64. The summed E-state index contributed by atoms with van der Waals surface area (Å²) in [5.74, 6) is 2.48. The molecule has 1 aromatic heterocycles. The molecule has 0 amide bonds. The second-order valence-electron chi connectivity index (χ2n) is 6.03. The first kappa shape index (κ1) is 12.6. The van der Waals surface area contributed by atoms with Gasteiger partial charge >= 0.3 is 0 Å². The first-order valence-corrected chi connectivity index (χ1v) is 7.16. The lowest BCUT2D eigenvalue weighted by Gasteiger charge is -2.27. The predicted molar refractivity (Wildman–Crippen MR) is 78.0 cm³/mol. The summed E-state index contributed by atoms with van der Waals surface area (Å²) in [6, 6.07) is 2.63. The van der Waals surface area contributed by atoms with Crippen molar-refractivity contribution in [2.24, 2.45) is 11.8 Å². The van der Waals surface area contributed by atoms with Crippen molar-refractivity contribution in [3.8, 4) is 5.88 Å². The van der Waals surface area contributed by atoms with E-state index < -0.39 is 0 Å². The van der Waals surface area contributed by atoms with Crippen LogP contribution < -0.4 is 15.0 Å². The summed E-state index contributed by atoms with van der Waals surface area (Å²) in [6.07, 6.45) is 7.31. The molecule has 2 fully saturated rings. The molecule has 0 radical (unpaired) electrons. The van der Waals surface area contributed by atoms with E-state index in [1.54, 1.807) is 13.3 Å². The van der Waals surface area contributed by atoms with Crippen LogP contribution >= 0.6 is 0 Å². The van der Waals surface area contributed by atoms with Crippen LogP contribution in [-0.4, -0.2) is 32.2 Å². The summed E-state index contributed by atoms with van der Waals surface area (Å²) < 4.78 is 5.43. The van der Waals surface area contributed by atoms with Crippen LogP contribution in [0.15, 0.2) is 12.3 Å². The van der Waals surface area contributed by atoms with Crippen LogP contribution in [0.3, 0.4) is 0 Å². The van der Waals surface area contributed by atoms with Crippen molar-refractivity contribution in [2.45, 2.75) is 31.7 Å². The summed E-state index contributed by atoms with van der Waals surface area (Å²) in [6.45, 7) is 0. The van der Waals surface area contributed by atoms with Crippen LogP contribution in [0.25, 0.3) is 0 Å². The minimum atomic E-state index is 0.593. The molecule has 4 heteroatoms. The number of rotatable bonds is 4. The van der Waals surface area contributed by atoms with Gasteiger partial charge in [0.1, 0.15) is 5.69 Å². The SMILES string of the molecule is COc1nccc(N(C)C)c1NC1CC2CCC1C2. The summed E-state index contributed by atoms with van der Waals surface area (Å²) in [7, 11) is 5.80. The van der Waals surface area contributed by atoms with Gasteiger partial charge in [-0.3, -0.25) is 0 Å². The highest BCUT2D eigenvalue weighted by Crippen LogP contribution is 2.47. The minimum Gasteiger partial charge on any atom is -0.479 e. The van der Waals surface area contributed by atoms with Crippen LogP contribution in [0.2, 0.25) is 0 Å². The van der Waals surface area contributed by atoms with Crippen molar-refractivity contribution in [3.63, 3.8) is 0 Å². The van der Waals surface area contributed by atoms with Gasteiger partial charge in [0.15, 0.2) is 0 Å². The second kappa shape index (κ2) is 4.91. The fourth-order valence-electron chi connectivity index (χ4n) is 3.70. The highest BCUT2D eigenvalue weighted by molar-refractivity contribution is 5.74. The molecule has 0 spiro atoms. The Morgan fingerprint density at radius 3 is 2.74 bits per heavy atom. The fourth-order valence-corrected chi connectivity index (χ4v) is 3.70. The number of hydrogen-bond acceptors (Lipinski definition) is 4. The maximum atomic E-state index is 5.43. The topological polar surface area (TPSA) is 37.4 Å². The molecule has 0 aliphatic heterocycles. The summed E-state index contributed by atoms with van der Waals surface area (Å²) in [4.78, 5) is 6.44. The summed E-state index contributed by atoms with van der Waals surface area (Å²) in [5, 5.41) is 3.71. The van der Waals surface area contributed by atoms with Gasteiger partial charge in [0.25, 0.3) is 0 Å². The molecule has 2 saturated carbocycles. The molecular weight excluding hydrogens is 238 g/mol. The molecule has 1 heterocycles. The molecule has 2 aliphatic rings. The molecule has 4 nitrogen and oxygen atoms in total. The van der Waals surface area contributed by atoms with Gasteiger partial charge < -0.3 is 15.0 Å². The predicted octanol–water partition coefficient (Wildman–Crippen LogP) is 2.76. The van der Waals surface area contributed by atoms with Crippen molar-refractivity contribution >= 4 is 11.4 Å². The zero-order valence-corrected chi connectivity index (χ0v) is 12.0. The average Bonchev–Trinajstić information content (AvgIpc) is 3.01. The van der Waals surface area contributed by atoms with Gasteiger partial charge in [-0.15, -0.1) is 0 Å². The van der Waals surface area contributed by atoms with Gasteiger partial charge in [-0.1, -0.05) is 6.42 Å². The van der Waals surface area contributed by atoms with Gasteiger partial charge in [-0.05, 0) is 37.2 Å². The van der Waals surface area contributed by atoms with E-state index >= 15 is 0 Å². The van der Waals surface area contributed by atoms with Crippen LogP contribution in [0.4, 0.5) is 11.4 Å². The summed E-state index contributed by atoms with van der Waals surface area (Å²) >= 11 is 0. The Bertz CT molecular complexity index is 461. The number of nitrogens with zero attached hydrogens (tertiary/aromatic N) is 2. The zero-order valence-electron chi connectivity index (χ0n) is 12.0. The van der Waals surface area contributed by atoms with Crippen molar-refractivity contribution in [2.75, 3.05) is 31.4 Å². The van der Waals surface area contributed by atoms with Gasteiger partial charge in [0, 0.05) is 26.3 Å². The molecule has 3 rings (SSSR count). The second-order valence-corrected chi connectivity index (χ2v) is 6.03. The number of pyridine rings is 1. The van der Waals surface area contributed by atoms with E-state index in [2.05, 4.69) is 29.3 Å². The Morgan fingerprint density at radius 1 is 1.32 bits per heavy atom. The van der Waals surface area contributed by atoms with Crippen molar-refractivity contribution in [3.05, 3.63) is 12.3 Å². The van der Waals surface area contributed by atoms with Crippen molar-refractivity contribution in [1.29, 1.82) is 0 Å². The highest BCUT2D eigenvalue weighted by atomic mass is 16.5. The van der Waals surface area contributed by atoms with Crippen LogP contribution in [0, 0.1) is 11.8 Å². The normalized spacial score (nSPS) is 28.5. The monoisotopic (exact) mass is 261 g/mol. The maximum Gasteiger partial charge on any atom is 0.239 e. The first-order valence-electron chi connectivity index (χ1n) is 7.16.